The van der Waals surface area contributed by atoms with Crippen LogP contribution in [0.3, 0.4) is 0 Å². The molecule has 0 bridgehead atoms. The zero-order valence-electron chi connectivity index (χ0n) is 8.13. The van der Waals surface area contributed by atoms with Crippen molar-refractivity contribution in [3.63, 3.8) is 0 Å². The van der Waals surface area contributed by atoms with Crippen molar-refractivity contribution in [2.45, 2.75) is 6.42 Å². The van der Waals surface area contributed by atoms with Gasteiger partial charge in [-0.05, 0) is 18.2 Å². The van der Waals surface area contributed by atoms with Gasteiger partial charge in [-0.15, -0.1) is 0 Å². The van der Waals surface area contributed by atoms with Crippen LogP contribution in [-0.2, 0) is 0 Å². The van der Waals surface area contributed by atoms with Crippen LogP contribution in [0.5, 0.6) is 0 Å². The van der Waals surface area contributed by atoms with Crippen molar-refractivity contribution < 1.29 is 4.79 Å². The van der Waals surface area contributed by atoms with Crippen LogP contribution in [-0.4, -0.2) is 17.0 Å². The minimum Gasteiger partial charge on any atom is -0.298 e. The fourth-order valence-electron chi connectivity index (χ4n) is 1.31. The Kier molecular flexibility index (Phi) is 2.83. The third kappa shape index (κ3) is 2.26. The van der Waals surface area contributed by atoms with Crippen LogP contribution < -0.4 is 0 Å². The molecule has 2 rings (SSSR count). The normalized spacial score (nSPS) is 14.5. The molecule has 0 unspecified atom stereocenters. The highest BCUT2D eigenvalue weighted by molar-refractivity contribution is 6.00. The van der Waals surface area contributed by atoms with Crippen molar-refractivity contribution in [2.24, 2.45) is 4.99 Å². The van der Waals surface area contributed by atoms with Gasteiger partial charge < -0.3 is 0 Å². The van der Waals surface area contributed by atoms with Crippen molar-refractivity contribution in [1.82, 2.24) is 4.98 Å². The highest BCUT2D eigenvalue weighted by Gasteiger charge is 2.03. The number of aldehydes is 1. The zero-order chi connectivity index (χ0) is 10.5. The van der Waals surface area contributed by atoms with E-state index in [1.807, 2.05) is 24.3 Å². The lowest BCUT2D eigenvalue weighted by Crippen LogP contribution is -2.02. The van der Waals surface area contributed by atoms with E-state index in [4.69, 9.17) is 0 Å². The first-order valence-corrected chi connectivity index (χ1v) is 4.70. The van der Waals surface area contributed by atoms with Crippen molar-refractivity contribution in [2.75, 3.05) is 0 Å². The average molecular weight is 198 g/mol. The number of pyridine rings is 1. The van der Waals surface area contributed by atoms with Gasteiger partial charge in [0.15, 0.2) is 6.29 Å². The molecule has 0 aliphatic carbocycles. The summed E-state index contributed by atoms with van der Waals surface area (Å²) in [6.07, 6.45) is 10.7. The number of aromatic nitrogens is 1. The number of carbonyl (C=O) groups excluding carboxylic acids is 1. The summed E-state index contributed by atoms with van der Waals surface area (Å²) < 4.78 is 0. The first-order chi connectivity index (χ1) is 7.40. The maximum absolute atomic E-state index is 10.5. The Balaban J connectivity index is 2.29. The summed E-state index contributed by atoms with van der Waals surface area (Å²) in [5.41, 5.74) is 2.31. The minimum atomic E-state index is 0.582. The van der Waals surface area contributed by atoms with E-state index < -0.39 is 0 Å². The van der Waals surface area contributed by atoms with Gasteiger partial charge in [-0.2, -0.15) is 0 Å². The molecule has 0 saturated carbocycles. The van der Waals surface area contributed by atoms with Crippen LogP contribution in [0, 0.1) is 0 Å². The number of carbonyl (C=O) groups is 1. The summed E-state index contributed by atoms with van der Waals surface area (Å²) in [5.74, 6) is 0. The van der Waals surface area contributed by atoms with E-state index in [0.29, 0.717) is 5.56 Å². The lowest BCUT2D eigenvalue weighted by molar-refractivity contribution is 0.112. The molecule has 1 aromatic heterocycles. The summed E-state index contributed by atoms with van der Waals surface area (Å²) in [6.45, 7) is 0. The van der Waals surface area contributed by atoms with Crippen molar-refractivity contribution >= 4 is 12.0 Å². The van der Waals surface area contributed by atoms with E-state index in [0.717, 1.165) is 24.1 Å². The van der Waals surface area contributed by atoms with Crippen molar-refractivity contribution in [1.29, 1.82) is 0 Å². The topological polar surface area (TPSA) is 42.3 Å². The number of hydrogen-bond donors (Lipinski definition) is 0. The number of allylic oxidation sites excluding steroid dienone is 3. The Hall–Kier alpha value is -2.03. The quantitative estimate of drug-likeness (QED) is 0.683. The molecular formula is C12H10N2O. The first-order valence-electron chi connectivity index (χ1n) is 4.70. The van der Waals surface area contributed by atoms with Gasteiger partial charge in [-0.25, -0.2) is 0 Å². The Morgan fingerprint density at radius 1 is 1.27 bits per heavy atom. The summed E-state index contributed by atoms with van der Waals surface area (Å²) in [5, 5.41) is 0. The molecule has 0 amide bonds. The molecule has 0 N–H and O–H groups in total. The second-order valence-corrected chi connectivity index (χ2v) is 3.14. The third-order valence-corrected chi connectivity index (χ3v) is 2.09. The first kappa shape index (κ1) is 9.52. The van der Waals surface area contributed by atoms with Gasteiger partial charge in [0.1, 0.15) is 0 Å². The molecule has 3 nitrogen and oxygen atoms in total. The van der Waals surface area contributed by atoms with Gasteiger partial charge in [-0.1, -0.05) is 12.2 Å². The van der Waals surface area contributed by atoms with Crippen molar-refractivity contribution in [3.05, 3.63) is 54.0 Å². The van der Waals surface area contributed by atoms with Gasteiger partial charge >= 0.3 is 0 Å². The molecule has 0 spiro atoms. The van der Waals surface area contributed by atoms with Gasteiger partial charge in [0.25, 0.3) is 0 Å². The predicted octanol–water partition coefficient (Wildman–Crippen LogP) is 2.16. The molecule has 0 fully saturated rings. The van der Waals surface area contributed by atoms with Gasteiger partial charge in [0.2, 0.25) is 0 Å². The third-order valence-electron chi connectivity index (χ3n) is 2.09. The molecule has 0 atom stereocenters. The minimum absolute atomic E-state index is 0.582. The Bertz CT molecular complexity index is 441. The van der Waals surface area contributed by atoms with E-state index in [9.17, 15) is 4.79 Å². The Morgan fingerprint density at radius 3 is 2.93 bits per heavy atom. The maximum Gasteiger partial charge on any atom is 0.151 e. The molecule has 74 valence electrons. The molecule has 0 saturated heterocycles. The molecular weight excluding hydrogens is 188 g/mol. The molecule has 15 heavy (non-hydrogen) atoms. The van der Waals surface area contributed by atoms with Crippen molar-refractivity contribution in [3.8, 4) is 0 Å². The molecule has 3 heteroatoms. The number of nitrogens with zero attached hydrogens (tertiary/aromatic N) is 2. The lowest BCUT2D eigenvalue weighted by Gasteiger charge is -2.00. The van der Waals surface area contributed by atoms with Gasteiger partial charge in [0, 0.05) is 24.4 Å². The second kappa shape index (κ2) is 4.46. The molecule has 1 aromatic rings. The maximum atomic E-state index is 10.5. The summed E-state index contributed by atoms with van der Waals surface area (Å²) in [7, 11) is 0. The van der Waals surface area contributed by atoms with Crippen LogP contribution in [0.2, 0.25) is 0 Å². The SMILES string of the molecule is O=Cc1ccc(C2=NC=CC=CC2)nc1. The lowest BCUT2D eigenvalue weighted by atomic mass is 10.1. The smallest absolute Gasteiger partial charge is 0.151 e. The average Bonchev–Trinajstić information content (AvgIpc) is 2.58. The molecule has 1 aliphatic rings. The van der Waals surface area contributed by atoms with Crippen LogP contribution in [0.15, 0.2) is 47.7 Å². The molecule has 0 radical (unpaired) electrons. The summed E-state index contributed by atoms with van der Waals surface area (Å²) in [6, 6.07) is 3.56. The summed E-state index contributed by atoms with van der Waals surface area (Å²) >= 11 is 0. The summed E-state index contributed by atoms with van der Waals surface area (Å²) in [4.78, 5) is 18.9. The van der Waals surface area contributed by atoms with Crippen LogP contribution >= 0.6 is 0 Å². The highest BCUT2D eigenvalue weighted by Crippen LogP contribution is 2.06. The van der Waals surface area contributed by atoms with Gasteiger partial charge in [0.05, 0.1) is 11.4 Å². The van der Waals surface area contributed by atoms with E-state index in [2.05, 4.69) is 9.98 Å². The number of hydrogen-bond acceptors (Lipinski definition) is 3. The standard InChI is InChI=1S/C12H10N2O/c15-9-10-5-6-12(14-8-10)11-4-2-1-3-7-13-11/h1-3,5-9H,4H2. The molecule has 2 heterocycles. The van der Waals surface area contributed by atoms with Gasteiger partial charge in [-0.3, -0.25) is 14.8 Å². The second-order valence-electron chi connectivity index (χ2n) is 3.14. The Labute approximate surface area is 87.9 Å². The van der Waals surface area contributed by atoms with Crippen LogP contribution in [0.1, 0.15) is 22.5 Å². The zero-order valence-corrected chi connectivity index (χ0v) is 8.13. The Morgan fingerprint density at radius 2 is 2.20 bits per heavy atom. The number of rotatable bonds is 2. The number of aliphatic imine (C=N–C) groups is 1. The van der Waals surface area contributed by atoms with E-state index >= 15 is 0 Å². The van der Waals surface area contributed by atoms with E-state index in [-0.39, 0.29) is 0 Å². The highest BCUT2D eigenvalue weighted by atomic mass is 16.1. The van der Waals surface area contributed by atoms with E-state index in [1.165, 1.54) is 0 Å². The fourth-order valence-corrected chi connectivity index (χ4v) is 1.31. The monoisotopic (exact) mass is 198 g/mol. The van der Waals surface area contributed by atoms with Crippen LogP contribution in [0.4, 0.5) is 0 Å². The fraction of sp³-hybridized carbons (Fsp3) is 0.0833. The molecule has 0 aromatic carbocycles. The predicted molar refractivity (Wildman–Crippen MR) is 59.1 cm³/mol. The van der Waals surface area contributed by atoms with E-state index in [1.54, 1.807) is 18.5 Å². The molecule has 1 aliphatic heterocycles. The van der Waals surface area contributed by atoms with Crippen LogP contribution in [0.25, 0.3) is 0 Å². The largest absolute Gasteiger partial charge is 0.298 e.